The molecule has 0 aliphatic heterocycles. The maximum Gasteiger partial charge on any atom is 0.307 e. The highest BCUT2D eigenvalue weighted by atomic mass is 16.5. The molecule has 0 saturated carbocycles. The summed E-state index contributed by atoms with van der Waals surface area (Å²) in [6.45, 7) is 2.54. The molecule has 0 fully saturated rings. The number of carbonyl (C=O) groups is 1. The van der Waals surface area contributed by atoms with Crippen LogP contribution in [0.4, 0.5) is 0 Å². The molecule has 0 radical (unpaired) electrons. The van der Waals surface area contributed by atoms with E-state index in [1.54, 1.807) is 0 Å². The van der Waals surface area contributed by atoms with Crippen molar-refractivity contribution in [2.24, 2.45) is 0 Å². The molecule has 0 amide bonds. The average Bonchev–Trinajstić information content (AvgIpc) is 2.46. The average molecular weight is 270 g/mol. The zero-order valence-corrected chi connectivity index (χ0v) is 11.5. The molecule has 0 bridgehead atoms. The predicted molar refractivity (Wildman–Crippen MR) is 77.4 cm³/mol. The zero-order valence-electron chi connectivity index (χ0n) is 11.5. The number of carboxylic acid groups (broad SMARTS) is 1. The number of benzene rings is 2. The Bertz CT molecular complexity index is 546. The molecule has 104 valence electrons. The third-order valence-electron chi connectivity index (χ3n) is 3.15. The van der Waals surface area contributed by atoms with Crippen molar-refractivity contribution in [3.8, 4) is 0 Å². The molecule has 0 aromatic heterocycles. The van der Waals surface area contributed by atoms with Crippen LogP contribution in [-0.4, -0.2) is 11.1 Å². The molecule has 0 saturated heterocycles. The van der Waals surface area contributed by atoms with Gasteiger partial charge in [-0.1, -0.05) is 54.6 Å². The van der Waals surface area contributed by atoms with Crippen LogP contribution in [-0.2, 0) is 22.6 Å². The van der Waals surface area contributed by atoms with E-state index in [1.165, 1.54) is 0 Å². The van der Waals surface area contributed by atoms with Crippen LogP contribution < -0.4 is 0 Å². The molecular weight excluding hydrogens is 252 g/mol. The Hall–Kier alpha value is -2.13. The van der Waals surface area contributed by atoms with Gasteiger partial charge in [-0.15, -0.1) is 0 Å². The Balaban J connectivity index is 1.89. The molecule has 2 aromatic rings. The first-order chi connectivity index (χ1) is 9.65. The van der Waals surface area contributed by atoms with Crippen LogP contribution in [0, 0.1) is 0 Å². The van der Waals surface area contributed by atoms with Crippen LogP contribution in [0.5, 0.6) is 0 Å². The second-order valence-electron chi connectivity index (χ2n) is 4.75. The number of ether oxygens (including phenoxy) is 1. The van der Waals surface area contributed by atoms with Crippen LogP contribution in [0.25, 0.3) is 0 Å². The van der Waals surface area contributed by atoms with Crippen LogP contribution in [0.3, 0.4) is 0 Å². The Morgan fingerprint density at radius 3 is 2.25 bits per heavy atom. The van der Waals surface area contributed by atoms with Crippen LogP contribution in [0.1, 0.15) is 29.7 Å². The number of hydrogen-bond donors (Lipinski definition) is 1. The molecule has 0 aliphatic carbocycles. The Morgan fingerprint density at radius 2 is 1.65 bits per heavy atom. The molecule has 1 N–H and O–H groups in total. The number of hydrogen-bond acceptors (Lipinski definition) is 2. The van der Waals surface area contributed by atoms with Crippen LogP contribution in [0.15, 0.2) is 54.6 Å². The summed E-state index contributed by atoms with van der Waals surface area (Å²) in [5.74, 6) is -0.813. The molecular formula is C17H18O3. The van der Waals surface area contributed by atoms with Crippen LogP contribution >= 0.6 is 0 Å². The van der Waals surface area contributed by atoms with Crippen molar-refractivity contribution in [1.29, 1.82) is 0 Å². The molecule has 2 rings (SSSR count). The first-order valence-electron chi connectivity index (χ1n) is 6.61. The Labute approximate surface area is 118 Å². The number of carboxylic acids is 1. The van der Waals surface area contributed by atoms with Gasteiger partial charge in [-0.3, -0.25) is 4.79 Å². The number of rotatable bonds is 6. The summed E-state index contributed by atoms with van der Waals surface area (Å²) < 4.78 is 5.82. The highest BCUT2D eigenvalue weighted by molar-refractivity contribution is 5.70. The van der Waals surface area contributed by atoms with E-state index in [4.69, 9.17) is 9.84 Å². The van der Waals surface area contributed by atoms with E-state index >= 15 is 0 Å². The minimum Gasteiger partial charge on any atom is -0.481 e. The molecule has 0 aliphatic rings. The molecule has 1 atom stereocenters. The van der Waals surface area contributed by atoms with Gasteiger partial charge >= 0.3 is 5.97 Å². The van der Waals surface area contributed by atoms with Gasteiger partial charge in [0.25, 0.3) is 0 Å². The van der Waals surface area contributed by atoms with Crippen molar-refractivity contribution in [1.82, 2.24) is 0 Å². The van der Waals surface area contributed by atoms with E-state index in [2.05, 4.69) is 0 Å². The largest absolute Gasteiger partial charge is 0.481 e. The second kappa shape index (κ2) is 6.87. The minimum absolute atomic E-state index is 0.0369. The van der Waals surface area contributed by atoms with Crippen molar-refractivity contribution in [2.45, 2.75) is 26.1 Å². The van der Waals surface area contributed by atoms with E-state index in [0.717, 1.165) is 16.7 Å². The SMILES string of the molecule is CC(OCc1ccc(CC(=O)O)cc1)c1ccccc1. The molecule has 0 spiro atoms. The molecule has 3 heteroatoms. The number of aliphatic carboxylic acids is 1. The van der Waals surface area contributed by atoms with Gasteiger partial charge in [-0.05, 0) is 23.6 Å². The normalized spacial score (nSPS) is 12.1. The van der Waals surface area contributed by atoms with Crippen molar-refractivity contribution < 1.29 is 14.6 Å². The monoisotopic (exact) mass is 270 g/mol. The van der Waals surface area contributed by atoms with Gasteiger partial charge in [-0.2, -0.15) is 0 Å². The van der Waals surface area contributed by atoms with E-state index < -0.39 is 5.97 Å². The maximum absolute atomic E-state index is 10.6. The summed E-state index contributed by atoms with van der Waals surface area (Å²) >= 11 is 0. The first-order valence-corrected chi connectivity index (χ1v) is 6.61. The van der Waals surface area contributed by atoms with Gasteiger partial charge in [-0.25, -0.2) is 0 Å². The fraction of sp³-hybridized carbons (Fsp3) is 0.235. The maximum atomic E-state index is 10.6. The standard InChI is InChI=1S/C17H18O3/c1-13(16-5-3-2-4-6-16)20-12-15-9-7-14(8-10-15)11-17(18)19/h2-10,13H,11-12H2,1H3,(H,18,19). The zero-order chi connectivity index (χ0) is 14.4. The lowest BCUT2D eigenvalue weighted by Gasteiger charge is -2.13. The van der Waals surface area contributed by atoms with Crippen LogP contribution in [0.2, 0.25) is 0 Å². The highest BCUT2D eigenvalue weighted by Gasteiger charge is 2.05. The molecule has 20 heavy (non-hydrogen) atoms. The topological polar surface area (TPSA) is 46.5 Å². The Kier molecular flexibility index (Phi) is 4.91. The third-order valence-corrected chi connectivity index (χ3v) is 3.15. The van der Waals surface area contributed by atoms with Crippen molar-refractivity contribution in [3.63, 3.8) is 0 Å². The third kappa shape index (κ3) is 4.21. The summed E-state index contributed by atoms with van der Waals surface area (Å²) in [7, 11) is 0. The van der Waals surface area contributed by atoms with E-state index in [-0.39, 0.29) is 12.5 Å². The van der Waals surface area contributed by atoms with Gasteiger partial charge in [0.05, 0.1) is 19.1 Å². The van der Waals surface area contributed by atoms with Gasteiger partial charge in [0, 0.05) is 0 Å². The summed E-state index contributed by atoms with van der Waals surface area (Å²) in [6.07, 6.45) is 0.0940. The van der Waals surface area contributed by atoms with Crippen molar-refractivity contribution in [2.75, 3.05) is 0 Å². The quantitative estimate of drug-likeness (QED) is 0.872. The summed E-state index contributed by atoms with van der Waals surface area (Å²) in [5, 5.41) is 8.71. The van der Waals surface area contributed by atoms with E-state index in [1.807, 2.05) is 61.5 Å². The lowest BCUT2D eigenvalue weighted by atomic mass is 10.1. The molecule has 0 heterocycles. The summed E-state index contributed by atoms with van der Waals surface area (Å²) in [5.41, 5.74) is 2.99. The van der Waals surface area contributed by atoms with E-state index in [9.17, 15) is 4.79 Å². The molecule has 1 unspecified atom stereocenters. The fourth-order valence-corrected chi connectivity index (χ4v) is 1.97. The smallest absolute Gasteiger partial charge is 0.307 e. The first kappa shape index (κ1) is 14.3. The van der Waals surface area contributed by atoms with Gasteiger partial charge in [0.2, 0.25) is 0 Å². The molecule has 3 nitrogen and oxygen atoms in total. The molecule has 2 aromatic carbocycles. The summed E-state index contributed by atoms with van der Waals surface area (Å²) in [4.78, 5) is 10.6. The second-order valence-corrected chi connectivity index (χ2v) is 4.75. The Morgan fingerprint density at radius 1 is 1.05 bits per heavy atom. The van der Waals surface area contributed by atoms with Crippen molar-refractivity contribution in [3.05, 3.63) is 71.3 Å². The lowest BCUT2D eigenvalue weighted by molar-refractivity contribution is -0.136. The lowest BCUT2D eigenvalue weighted by Crippen LogP contribution is -2.02. The fourth-order valence-electron chi connectivity index (χ4n) is 1.97. The predicted octanol–water partition coefficient (Wildman–Crippen LogP) is 3.59. The van der Waals surface area contributed by atoms with E-state index in [0.29, 0.717) is 6.61 Å². The summed E-state index contributed by atoms with van der Waals surface area (Å²) in [6, 6.07) is 17.6. The van der Waals surface area contributed by atoms with Gasteiger partial charge < -0.3 is 9.84 Å². The van der Waals surface area contributed by atoms with Gasteiger partial charge in [0.15, 0.2) is 0 Å². The minimum atomic E-state index is -0.813. The van der Waals surface area contributed by atoms with Gasteiger partial charge in [0.1, 0.15) is 0 Å². The van der Waals surface area contributed by atoms with Crippen molar-refractivity contribution >= 4 is 5.97 Å². The highest BCUT2D eigenvalue weighted by Crippen LogP contribution is 2.18.